The molecular weight excluding hydrogens is 297 g/mol. The lowest BCUT2D eigenvalue weighted by Crippen LogP contribution is -2.40. The van der Waals surface area contributed by atoms with Gasteiger partial charge in [0.2, 0.25) is 0 Å². The normalized spacial score (nSPS) is 18.1. The Labute approximate surface area is 133 Å². The van der Waals surface area contributed by atoms with Crippen molar-refractivity contribution in [2.45, 2.75) is 70.0 Å². The number of hydrogen-bond donors (Lipinski definition) is 3. The van der Waals surface area contributed by atoms with Crippen LogP contribution in [0.4, 0.5) is 5.69 Å². The predicted molar refractivity (Wildman–Crippen MR) is 91.2 cm³/mol. The van der Waals surface area contributed by atoms with Crippen molar-refractivity contribution in [3.05, 3.63) is 29.8 Å². The molecule has 0 radical (unpaired) electrons. The third-order valence-corrected chi connectivity index (χ3v) is 6.31. The summed E-state index contributed by atoms with van der Waals surface area (Å²) in [6.45, 7) is 2.19. The molecule has 0 heterocycles. The van der Waals surface area contributed by atoms with Crippen LogP contribution in [0.3, 0.4) is 0 Å². The van der Waals surface area contributed by atoms with Crippen molar-refractivity contribution in [1.82, 2.24) is 0 Å². The summed E-state index contributed by atoms with van der Waals surface area (Å²) in [6, 6.07) is 8.03. The Hall–Kier alpha value is -0.830. The lowest BCUT2D eigenvalue weighted by Gasteiger charge is -2.39. The molecule has 0 spiro atoms. The first kappa shape index (κ1) is 17.5. The van der Waals surface area contributed by atoms with Gasteiger partial charge in [-0.3, -0.25) is 4.57 Å². The molecule has 4 nitrogen and oxygen atoms in total. The van der Waals surface area contributed by atoms with Gasteiger partial charge >= 0.3 is 7.60 Å². The smallest absolute Gasteiger partial charge is 0.350 e. The van der Waals surface area contributed by atoms with Crippen LogP contribution in [0.15, 0.2) is 24.3 Å². The molecule has 0 aromatic heterocycles. The van der Waals surface area contributed by atoms with Gasteiger partial charge in [0.1, 0.15) is 5.28 Å². The fourth-order valence-electron chi connectivity index (χ4n) is 3.23. The van der Waals surface area contributed by atoms with Crippen LogP contribution in [-0.4, -0.2) is 15.1 Å². The minimum atomic E-state index is -4.18. The van der Waals surface area contributed by atoms with Gasteiger partial charge in [-0.05, 0) is 43.4 Å². The summed E-state index contributed by atoms with van der Waals surface area (Å²) in [4.78, 5) is 19.6. The fraction of sp³-hybridized carbons (Fsp3) is 0.647. The van der Waals surface area contributed by atoms with Gasteiger partial charge in [0, 0.05) is 5.69 Å². The van der Waals surface area contributed by atoms with E-state index < -0.39 is 12.9 Å². The molecule has 2 rings (SSSR count). The minimum absolute atomic E-state index is 0.537. The fourth-order valence-corrected chi connectivity index (χ4v) is 4.40. The molecule has 3 N–H and O–H groups in total. The number of unbranched alkanes of at least 4 members (excludes halogenated alkanes) is 2. The Bertz CT molecular complexity index is 503. The van der Waals surface area contributed by atoms with Crippen molar-refractivity contribution in [2.24, 2.45) is 0 Å². The van der Waals surface area contributed by atoms with Crippen LogP contribution >= 0.6 is 7.60 Å². The minimum Gasteiger partial charge on any atom is -0.369 e. The Kier molecular flexibility index (Phi) is 6.08. The molecule has 0 saturated heterocycles. The average Bonchev–Trinajstić information content (AvgIpc) is 2.49. The highest BCUT2D eigenvalue weighted by molar-refractivity contribution is 7.53. The first-order valence-corrected chi connectivity index (χ1v) is 10.0. The van der Waals surface area contributed by atoms with Crippen LogP contribution in [0.5, 0.6) is 0 Å². The first-order valence-electron chi connectivity index (χ1n) is 8.40. The third-order valence-electron chi connectivity index (χ3n) is 4.64. The molecule has 1 aromatic rings. The molecule has 1 aromatic carbocycles. The van der Waals surface area contributed by atoms with Gasteiger partial charge in [-0.2, -0.15) is 0 Å². The summed E-state index contributed by atoms with van der Waals surface area (Å²) in [7, 11) is -4.18. The van der Waals surface area contributed by atoms with Gasteiger partial charge < -0.3 is 15.1 Å². The number of hydrogen-bond acceptors (Lipinski definition) is 2. The molecule has 0 amide bonds. The topological polar surface area (TPSA) is 69.6 Å². The van der Waals surface area contributed by atoms with E-state index in [1.54, 1.807) is 0 Å². The van der Waals surface area contributed by atoms with Crippen LogP contribution in [0, 0.1) is 0 Å². The van der Waals surface area contributed by atoms with Gasteiger partial charge in [0.05, 0.1) is 0 Å². The first-order chi connectivity index (χ1) is 10.5. The molecule has 1 aliphatic rings. The van der Waals surface area contributed by atoms with E-state index in [4.69, 9.17) is 0 Å². The second-order valence-corrected chi connectivity index (χ2v) is 8.36. The molecule has 0 atom stereocenters. The third kappa shape index (κ3) is 4.34. The second kappa shape index (κ2) is 7.63. The van der Waals surface area contributed by atoms with E-state index in [0.717, 1.165) is 31.4 Å². The van der Waals surface area contributed by atoms with E-state index in [2.05, 4.69) is 24.4 Å². The Morgan fingerprint density at radius 2 is 1.73 bits per heavy atom. The molecule has 1 aliphatic carbocycles. The molecular formula is C17H28NO3P. The summed E-state index contributed by atoms with van der Waals surface area (Å²) in [5.74, 6) is 0. The number of anilines is 1. The van der Waals surface area contributed by atoms with Crippen LogP contribution in [0.2, 0.25) is 0 Å². The maximum atomic E-state index is 12.0. The van der Waals surface area contributed by atoms with E-state index in [1.807, 2.05) is 12.1 Å². The van der Waals surface area contributed by atoms with Crippen molar-refractivity contribution < 1.29 is 14.4 Å². The maximum absolute atomic E-state index is 12.0. The highest BCUT2D eigenvalue weighted by atomic mass is 31.2. The van der Waals surface area contributed by atoms with Crippen molar-refractivity contribution >= 4 is 13.3 Å². The van der Waals surface area contributed by atoms with Crippen molar-refractivity contribution in [1.29, 1.82) is 0 Å². The molecule has 0 bridgehead atoms. The van der Waals surface area contributed by atoms with Gasteiger partial charge in [-0.15, -0.1) is 0 Å². The zero-order valence-corrected chi connectivity index (χ0v) is 14.3. The summed E-state index contributed by atoms with van der Waals surface area (Å²) in [5.41, 5.74) is 2.09. The molecule has 1 saturated carbocycles. The largest absolute Gasteiger partial charge is 0.369 e. The molecule has 0 aliphatic heterocycles. The standard InChI is InChI=1S/C17H28NO3P/c1-2-3-5-8-15-9-11-16(12-10-15)18-17(22(19,20)21)13-6-4-7-14-17/h9-12,18H,2-8,13-14H2,1H3,(H2,19,20,21). The van der Waals surface area contributed by atoms with Gasteiger partial charge in [-0.1, -0.05) is 51.2 Å². The Morgan fingerprint density at radius 3 is 2.27 bits per heavy atom. The molecule has 5 heteroatoms. The van der Waals surface area contributed by atoms with E-state index in [1.165, 1.54) is 24.8 Å². The highest BCUT2D eigenvalue weighted by Crippen LogP contribution is 2.57. The van der Waals surface area contributed by atoms with Gasteiger partial charge in [-0.25, -0.2) is 0 Å². The monoisotopic (exact) mass is 325 g/mol. The van der Waals surface area contributed by atoms with E-state index in [9.17, 15) is 14.4 Å². The summed E-state index contributed by atoms with van der Waals surface area (Å²) in [6.07, 6.45) is 8.57. The summed E-state index contributed by atoms with van der Waals surface area (Å²) < 4.78 is 12.0. The zero-order valence-electron chi connectivity index (χ0n) is 13.4. The van der Waals surface area contributed by atoms with E-state index >= 15 is 0 Å². The highest BCUT2D eigenvalue weighted by Gasteiger charge is 2.47. The Balaban J connectivity index is 2.06. The van der Waals surface area contributed by atoms with Crippen LogP contribution in [0.1, 0.15) is 63.9 Å². The molecule has 124 valence electrons. The zero-order chi connectivity index (χ0) is 16.1. The second-order valence-electron chi connectivity index (χ2n) is 6.42. The van der Waals surface area contributed by atoms with Gasteiger partial charge in [0.15, 0.2) is 0 Å². The molecule has 22 heavy (non-hydrogen) atoms. The predicted octanol–water partition coefficient (Wildman–Crippen LogP) is 4.67. The average molecular weight is 325 g/mol. The van der Waals surface area contributed by atoms with Crippen molar-refractivity contribution in [3.63, 3.8) is 0 Å². The van der Waals surface area contributed by atoms with E-state index in [-0.39, 0.29) is 0 Å². The quantitative estimate of drug-likeness (QED) is 0.503. The lowest BCUT2D eigenvalue weighted by molar-refractivity contribution is 0.296. The maximum Gasteiger partial charge on any atom is 0.350 e. The molecule has 1 fully saturated rings. The SMILES string of the molecule is CCCCCc1ccc(NC2(P(=O)(O)O)CCCCC2)cc1. The van der Waals surface area contributed by atoms with Crippen molar-refractivity contribution in [2.75, 3.05) is 5.32 Å². The number of nitrogens with one attached hydrogen (secondary N) is 1. The van der Waals surface area contributed by atoms with Crippen LogP contribution in [0.25, 0.3) is 0 Å². The van der Waals surface area contributed by atoms with Crippen LogP contribution in [-0.2, 0) is 11.0 Å². The van der Waals surface area contributed by atoms with E-state index in [0.29, 0.717) is 12.8 Å². The summed E-state index contributed by atoms with van der Waals surface area (Å²) in [5, 5.41) is 2.09. The number of rotatable bonds is 7. The molecule has 0 unspecified atom stereocenters. The van der Waals surface area contributed by atoms with Crippen LogP contribution < -0.4 is 5.32 Å². The van der Waals surface area contributed by atoms with Gasteiger partial charge in [0.25, 0.3) is 0 Å². The number of benzene rings is 1. The Morgan fingerprint density at radius 1 is 1.09 bits per heavy atom. The summed E-state index contributed by atoms with van der Waals surface area (Å²) >= 11 is 0. The number of aryl methyl sites for hydroxylation is 1. The lowest BCUT2D eigenvalue weighted by atomic mass is 9.94. The van der Waals surface area contributed by atoms with Crippen molar-refractivity contribution in [3.8, 4) is 0 Å².